The summed E-state index contributed by atoms with van der Waals surface area (Å²) in [6.45, 7) is 4.15. The predicted octanol–water partition coefficient (Wildman–Crippen LogP) is 5.46. The van der Waals surface area contributed by atoms with Crippen LogP contribution in [0.1, 0.15) is 101 Å². The number of anilines is 1. The number of hydrogen-bond acceptors (Lipinski definition) is 12. The zero-order chi connectivity index (χ0) is 46.1. The van der Waals surface area contributed by atoms with Crippen LogP contribution in [0.25, 0.3) is 10.9 Å². The summed E-state index contributed by atoms with van der Waals surface area (Å²) in [5.74, 6) is -1.22. The average Bonchev–Trinajstić information content (AvgIpc) is 3.54. The predicted molar refractivity (Wildman–Crippen MR) is 243 cm³/mol. The second-order valence-electron chi connectivity index (χ2n) is 18.6. The number of amides is 5. The van der Waals surface area contributed by atoms with Crippen molar-refractivity contribution in [2.75, 3.05) is 51.7 Å². The zero-order valence-electron chi connectivity index (χ0n) is 37.3. The molecule has 3 aliphatic heterocycles. The standard InChI is InChI=1S/C50H55FN8O7/c1-56(2)22-23-58(34-25-37(26-34)65-36-11-12-38-40(27-36)50(64)59(49(38)63)43-14-16-45(60)55-48(43)62)29-30-17-20-57(21-18-30)42-13-5-31(24-41(42)51)47(61)54-33-7-9-35(10-8-33)66-44-15-6-32(28-52)46-39(44)4-3-19-53-46/h3-6,11-13,15,19,24,27,30,33-35,37,43H,7-10,14,16-18,20-23,25-26,29H2,1-2H3,(H,54,61)(H,55,60,62)/t33-,34?,35-,37?,43?. The summed E-state index contributed by atoms with van der Waals surface area (Å²) < 4.78 is 28.4. The number of halogens is 1. The van der Waals surface area contributed by atoms with Gasteiger partial charge in [-0.2, -0.15) is 5.26 Å². The van der Waals surface area contributed by atoms with Crippen LogP contribution in [0.5, 0.6) is 11.5 Å². The van der Waals surface area contributed by atoms with E-state index in [0.717, 1.165) is 81.3 Å². The quantitative estimate of drug-likeness (QED) is 0.153. The second-order valence-corrected chi connectivity index (χ2v) is 18.6. The van der Waals surface area contributed by atoms with E-state index in [4.69, 9.17) is 9.47 Å². The van der Waals surface area contributed by atoms with Gasteiger partial charge < -0.3 is 24.6 Å². The van der Waals surface area contributed by atoms with E-state index < -0.39 is 35.5 Å². The lowest BCUT2D eigenvalue weighted by Gasteiger charge is -2.45. The topological polar surface area (TPSA) is 178 Å². The van der Waals surface area contributed by atoms with E-state index in [0.29, 0.717) is 58.9 Å². The molecule has 2 saturated heterocycles. The maximum atomic E-state index is 15.7. The molecule has 9 rings (SSSR count). The monoisotopic (exact) mass is 898 g/mol. The van der Waals surface area contributed by atoms with Gasteiger partial charge in [0.05, 0.1) is 34.0 Å². The molecule has 66 heavy (non-hydrogen) atoms. The molecule has 3 aromatic carbocycles. The van der Waals surface area contributed by atoms with Gasteiger partial charge in [-0.1, -0.05) is 0 Å². The molecule has 16 heteroatoms. The van der Waals surface area contributed by atoms with Crippen LogP contribution in [-0.4, -0.2) is 126 Å². The van der Waals surface area contributed by atoms with Crippen LogP contribution in [-0.2, 0) is 9.59 Å². The Morgan fingerprint density at radius 2 is 1.67 bits per heavy atom. The van der Waals surface area contributed by atoms with Crippen molar-refractivity contribution in [1.29, 1.82) is 5.26 Å². The third-order valence-corrected chi connectivity index (χ3v) is 13.9. The molecule has 1 atom stereocenters. The molecule has 1 aromatic heterocycles. The van der Waals surface area contributed by atoms with E-state index in [1.165, 1.54) is 6.07 Å². The van der Waals surface area contributed by atoms with Gasteiger partial charge in [0.15, 0.2) is 0 Å². The van der Waals surface area contributed by atoms with Gasteiger partial charge in [-0.05, 0) is 126 Å². The molecule has 1 unspecified atom stereocenters. The van der Waals surface area contributed by atoms with Gasteiger partial charge in [0.25, 0.3) is 17.7 Å². The number of carbonyl (C=O) groups excluding carboxylic acids is 5. The maximum Gasteiger partial charge on any atom is 0.262 e. The molecule has 5 aliphatic rings. The van der Waals surface area contributed by atoms with Crippen LogP contribution in [0.4, 0.5) is 10.1 Å². The molecule has 2 N–H and O–H groups in total. The highest BCUT2D eigenvalue weighted by molar-refractivity contribution is 6.23. The highest BCUT2D eigenvalue weighted by Gasteiger charge is 2.45. The fourth-order valence-corrected chi connectivity index (χ4v) is 10.1. The fraction of sp³-hybridized carbons (Fsp3) is 0.460. The maximum absolute atomic E-state index is 15.7. The minimum absolute atomic E-state index is 0.0286. The van der Waals surface area contributed by atoms with Crippen LogP contribution < -0.4 is 25.0 Å². The van der Waals surface area contributed by atoms with Crippen molar-refractivity contribution in [3.8, 4) is 17.6 Å². The molecule has 15 nitrogen and oxygen atoms in total. The lowest BCUT2D eigenvalue weighted by molar-refractivity contribution is -0.136. The van der Waals surface area contributed by atoms with Crippen LogP contribution >= 0.6 is 0 Å². The normalized spacial score (nSPS) is 23.4. The molecule has 0 spiro atoms. The first-order valence-corrected chi connectivity index (χ1v) is 23.1. The first kappa shape index (κ1) is 44.7. The van der Waals surface area contributed by atoms with Crippen molar-refractivity contribution in [2.45, 2.75) is 94.5 Å². The van der Waals surface area contributed by atoms with E-state index in [1.807, 2.05) is 18.2 Å². The molecule has 2 aliphatic carbocycles. The Bertz CT molecular complexity index is 2580. The first-order chi connectivity index (χ1) is 31.9. The number of nitrogens with zero attached hydrogens (tertiary/aromatic N) is 6. The molecule has 4 aromatic rings. The number of aromatic nitrogens is 1. The minimum Gasteiger partial charge on any atom is -0.490 e. The Morgan fingerprint density at radius 3 is 2.39 bits per heavy atom. The molecule has 4 fully saturated rings. The minimum atomic E-state index is -1.02. The van der Waals surface area contributed by atoms with Crippen molar-refractivity contribution < 1.29 is 37.8 Å². The summed E-state index contributed by atoms with van der Waals surface area (Å²) in [4.78, 5) is 76.0. The third-order valence-electron chi connectivity index (χ3n) is 13.9. The van der Waals surface area contributed by atoms with Crippen molar-refractivity contribution >= 4 is 46.1 Å². The van der Waals surface area contributed by atoms with E-state index in [1.54, 1.807) is 42.6 Å². The van der Waals surface area contributed by atoms with Crippen molar-refractivity contribution in [1.82, 2.24) is 30.3 Å². The van der Waals surface area contributed by atoms with Crippen LogP contribution in [0.3, 0.4) is 0 Å². The average molecular weight is 899 g/mol. The number of carbonyl (C=O) groups is 5. The zero-order valence-corrected chi connectivity index (χ0v) is 37.3. The first-order valence-electron chi connectivity index (χ1n) is 23.1. The van der Waals surface area contributed by atoms with Crippen molar-refractivity contribution in [3.05, 3.63) is 94.9 Å². The number of pyridine rings is 1. The third kappa shape index (κ3) is 9.45. The molecule has 4 heterocycles. The molecule has 0 radical (unpaired) electrons. The van der Waals surface area contributed by atoms with E-state index in [-0.39, 0.29) is 48.1 Å². The molecule has 0 bridgehead atoms. The highest BCUT2D eigenvalue weighted by atomic mass is 19.1. The van der Waals surface area contributed by atoms with E-state index in [9.17, 15) is 29.2 Å². The number of ether oxygens (including phenoxy) is 2. The molecule has 344 valence electrons. The highest BCUT2D eigenvalue weighted by Crippen LogP contribution is 2.36. The van der Waals surface area contributed by atoms with E-state index >= 15 is 4.39 Å². The molecular formula is C50H55FN8O7. The number of fused-ring (bicyclic) bond motifs is 2. The Balaban J connectivity index is 0.733. The number of likely N-dealkylation sites (N-methyl/N-ethyl adjacent to an activating group) is 1. The van der Waals surface area contributed by atoms with Gasteiger partial charge in [-0.3, -0.25) is 44.1 Å². The smallest absolute Gasteiger partial charge is 0.262 e. The summed E-state index contributed by atoms with van der Waals surface area (Å²) in [6.07, 6.45) is 8.16. The van der Waals surface area contributed by atoms with Gasteiger partial charge in [-0.15, -0.1) is 0 Å². The Kier molecular flexibility index (Phi) is 13.0. The number of rotatable bonds is 14. The Morgan fingerprint density at radius 1 is 0.894 bits per heavy atom. The number of imide groups is 2. The Hall–Kier alpha value is -6.44. The summed E-state index contributed by atoms with van der Waals surface area (Å²) in [5.41, 5.74) is 2.36. The largest absolute Gasteiger partial charge is 0.490 e. The molecular weight excluding hydrogens is 844 g/mol. The number of benzene rings is 3. The lowest BCUT2D eigenvalue weighted by Crippen LogP contribution is -2.54. The second kappa shape index (κ2) is 19.2. The van der Waals surface area contributed by atoms with Gasteiger partial charge >= 0.3 is 0 Å². The number of hydrogen-bond donors (Lipinski definition) is 2. The van der Waals surface area contributed by atoms with Crippen molar-refractivity contribution in [2.24, 2.45) is 5.92 Å². The molecule has 2 saturated carbocycles. The SMILES string of the molecule is CN(C)CCN(CC1CCN(c2ccc(C(=O)N[C@H]3CC[C@H](Oc4ccc(C#N)c5ncccc45)CC3)cc2F)CC1)C1CC(Oc2ccc3c(c2)C(=O)N(C2CCC(=O)NC2=O)C3=O)C1. The number of nitriles is 1. The van der Waals surface area contributed by atoms with Crippen LogP contribution in [0, 0.1) is 23.1 Å². The van der Waals surface area contributed by atoms with Crippen LogP contribution in [0.2, 0.25) is 0 Å². The number of nitrogens with one attached hydrogen (secondary N) is 2. The summed E-state index contributed by atoms with van der Waals surface area (Å²) in [5, 5.41) is 15.6. The summed E-state index contributed by atoms with van der Waals surface area (Å²) >= 11 is 0. The van der Waals surface area contributed by atoms with E-state index in [2.05, 4.69) is 50.5 Å². The van der Waals surface area contributed by atoms with Gasteiger partial charge in [0, 0.05) is 81.2 Å². The Labute approximate surface area is 383 Å². The fourth-order valence-electron chi connectivity index (χ4n) is 10.1. The van der Waals surface area contributed by atoms with Crippen molar-refractivity contribution in [3.63, 3.8) is 0 Å². The van der Waals surface area contributed by atoms with Gasteiger partial charge in [0.1, 0.15) is 35.5 Å². The molecule has 5 amide bonds. The van der Waals surface area contributed by atoms with Gasteiger partial charge in [-0.25, -0.2) is 4.39 Å². The number of piperidine rings is 2. The summed E-state index contributed by atoms with van der Waals surface area (Å²) in [6, 6.07) is 18.4. The summed E-state index contributed by atoms with van der Waals surface area (Å²) in [7, 11) is 4.13. The lowest BCUT2D eigenvalue weighted by atomic mass is 9.86. The van der Waals surface area contributed by atoms with Gasteiger partial charge in [0.2, 0.25) is 11.8 Å². The van der Waals surface area contributed by atoms with Crippen LogP contribution in [0.15, 0.2) is 66.9 Å².